The summed E-state index contributed by atoms with van der Waals surface area (Å²) in [6, 6.07) is 8.48. The van der Waals surface area contributed by atoms with Crippen molar-refractivity contribution in [1.29, 1.82) is 0 Å². The van der Waals surface area contributed by atoms with Crippen molar-refractivity contribution in [3.63, 3.8) is 0 Å². The molecule has 0 bridgehead atoms. The Hall–Kier alpha value is -1.16. The van der Waals surface area contributed by atoms with Gasteiger partial charge in [0.15, 0.2) is 0 Å². The minimum atomic E-state index is -0.701. The van der Waals surface area contributed by atoms with Crippen LogP contribution in [0.3, 0.4) is 0 Å². The maximum Gasteiger partial charge on any atom is 0.0940 e. The summed E-state index contributed by atoms with van der Waals surface area (Å²) in [5, 5.41) is 10.7. The second kappa shape index (κ2) is 7.61. The molecule has 1 aromatic rings. The van der Waals surface area contributed by atoms with Crippen LogP contribution >= 0.6 is 0 Å². The van der Waals surface area contributed by atoms with E-state index in [0.717, 1.165) is 12.1 Å². The lowest BCUT2D eigenvalue weighted by Gasteiger charge is -2.32. The fraction of sp³-hybridized carbons (Fsp3) is 0.600. The molecule has 1 aromatic carbocycles. The van der Waals surface area contributed by atoms with E-state index in [1.165, 1.54) is 37.9 Å². The van der Waals surface area contributed by atoms with E-state index in [-0.39, 0.29) is 0 Å². The minimum Gasteiger partial charge on any atom is -0.385 e. The van der Waals surface area contributed by atoms with E-state index in [4.69, 9.17) is 4.74 Å². The van der Waals surface area contributed by atoms with Gasteiger partial charge in [-0.1, -0.05) is 42.8 Å². The molecular weight excluding hydrogens is 286 g/mol. The minimum absolute atomic E-state index is 0.649. The first-order valence-electron chi connectivity index (χ1n) is 9.02. The Bertz CT molecular complexity index is 529. The standard InChI is InChI=1S/C20H29NO2/c1-2-21-12-3-4-17(9-13-21)16-18-5-7-19(8-6-18)20(22)10-14-23-15-11-20/h5-8,16,22H,2-4,9-15H2,1H3. The van der Waals surface area contributed by atoms with E-state index in [0.29, 0.717) is 26.1 Å². The van der Waals surface area contributed by atoms with E-state index in [9.17, 15) is 5.11 Å². The third-order valence-electron chi connectivity index (χ3n) is 5.31. The van der Waals surface area contributed by atoms with E-state index in [2.05, 4.69) is 42.2 Å². The first-order chi connectivity index (χ1) is 11.2. The molecule has 2 saturated heterocycles. The number of aliphatic hydroxyl groups is 1. The lowest BCUT2D eigenvalue weighted by atomic mass is 9.86. The van der Waals surface area contributed by atoms with Gasteiger partial charge in [0.2, 0.25) is 0 Å². The predicted octanol–water partition coefficient (Wildman–Crippen LogP) is 3.57. The van der Waals surface area contributed by atoms with Gasteiger partial charge in [0, 0.05) is 32.6 Å². The first-order valence-corrected chi connectivity index (χ1v) is 9.02. The van der Waals surface area contributed by atoms with Crippen LogP contribution < -0.4 is 0 Å². The Labute approximate surface area is 140 Å². The van der Waals surface area contributed by atoms with Crippen molar-refractivity contribution >= 4 is 6.08 Å². The van der Waals surface area contributed by atoms with Crippen LogP contribution in [0, 0.1) is 0 Å². The van der Waals surface area contributed by atoms with Crippen molar-refractivity contribution in [2.75, 3.05) is 32.8 Å². The highest BCUT2D eigenvalue weighted by Gasteiger charge is 2.31. The van der Waals surface area contributed by atoms with E-state index >= 15 is 0 Å². The molecule has 2 fully saturated rings. The molecule has 0 aromatic heterocycles. The van der Waals surface area contributed by atoms with Gasteiger partial charge in [-0.3, -0.25) is 0 Å². The lowest BCUT2D eigenvalue weighted by molar-refractivity contribution is -0.0679. The fourth-order valence-corrected chi connectivity index (χ4v) is 3.65. The summed E-state index contributed by atoms with van der Waals surface area (Å²) in [6.45, 7) is 7.10. The molecule has 23 heavy (non-hydrogen) atoms. The average molecular weight is 315 g/mol. The van der Waals surface area contributed by atoms with Gasteiger partial charge in [-0.15, -0.1) is 0 Å². The SMILES string of the molecule is CCN1CCCC(=Cc2ccc(C3(O)CCOCC3)cc2)CC1. The van der Waals surface area contributed by atoms with Gasteiger partial charge < -0.3 is 14.7 Å². The molecular formula is C20H29NO2. The number of nitrogens with zero attached hydrogens (tertiary/aromatic N) is 1. The third-order valence-corrected chi connectivity index (χ3v) is 5.31. The molecule has 0 saturated carbocycles. The maximum atomic E-state index is 10.7. The summed E-state index contributed by atoms with van der Waals surface area (Å²) >= 11 is 0. The smallest absolute Gasteiger partial charge is 0.0940 e. The van der Waals surface area contributed by atoms with E-state index in [1.807, 2.05) is 0 Å². The summed E-state index contributed by atoms with van der Waals surface area (Å²) in [4.78, 5) is 2.53. The van der Waals surface area contributed by atoms with Crippen LogP contribution in [0.15, 0.2) is 29.8 Å². The summed E-state index contributed by atoms with van der Waals surface area (Å²) < 4.78 is 5.37. The van der Waals surface area contributed by atoms with Crippen LogP contribution in [0.4, 0.5) is 0 Å². The Balaban J connectivity index is 1.68. The number of likely N-dealkylation sites (tertiary alicyclic amines) is 1. The van der Waals surface area contributed by atoms with E-state index in [1.54, 1.807) is 5.57 Å². The molecule has 126 valence electrons. The van der Waals surface area contributed by atoms with Crippen LogP contribution in [0.2, 0.25) is 0 Å². The van der Waals surface area contributed by atoms with Gasteiger partial charge in [-0.2, -0.15) is 0 Å². The molecule has 0 spiro atoms. The molecule has 0 atom stereocenters. The van der Waals surface area contributed by atoms with Crippen molar-refractivity contribution in [2.45, 2.75) is 44.6 Å². The van der Waals surface area contributed by atoms with Crippen molar-refractivity contribution < 1.29 is 9.84 Å². The molecule has 0 radical (unpaired) electrons. The van der Waals surface area contributed by atoms with Crippen molar-refractivity contribution in [1.82, 2.24) is 4.90 Å². The molecule has 3 rings (SSSR count). The number of hydrogen-bond donors (Lipinski definition) is 1. The highest BCUT2D eigenvalue weighted by Crippen LogP contribution is 2.32. The number of hydrogen-bond acceptors (Lipinski definition) is 3. The lowest BCUT2D eigenvalue weighted by Crippen LogP contribution is -2.33. The normalized spacial score (nSPS) is 24.5. The maximum absolute atomic E-state index is 10.7. The van der Waals surface area contributed by atoms with Crippen molar-refractivity contribution in [3.8, 4) is 0 Å². The highest BCUT2D eigenvalue weighted by atomic mass is 16.5. The Morgan fingerprint density at radius 2 is 1.87 bits per heavy atom. The molecule has 0 aliphatic carbocycles. The summed E-state index contributed by atoms with van der Waals surface area (Å²) in [5.74, 6) is 0. The van der Waals surface area contributed by atoms with Crippen LogP contribution in [0.25, 0.3) is 6.08 Å². The molecule has 1 N–H and O–H groups in total. The van der Waals surface area contributed by atoms with Gasteiger partial charge in [-0.25, -0.2) is 0 Å². The average Bonchev–Trinajstić information content (AvgIpc) is 2.81. The molecule has 2 heterocycles. The number of benzene rings is 1. The largest absolute Gasteiger partial charge is 0.385 e. The van der Waals surface area contributed by atoms with Crippen molar-refractivity contribution in [2.24, 2.45) is 0 Å². The van der Waals surface area contributed by atoms with Gasteiger partial charge in [0.25, 0.3) is 0 Å². The summed E-state index contributed by atoms with van der Waals surface area (Å²) in [5.41, 5.74) is 3.14. The zero-order valence-electron chi connectivity index (χ0n) is 14.3. The van der Waals surface area contributed by atoms with Crippen molar-refractivity contribution in [3.05, 3.63) is 41.0 Å². The number of ether oxygens (including phenoxy) is 1. The monoisotopic (exact) mass is 315 g/mol. The Kier molecular flexibility index (Phi) is 5.52. The fourth-order valence-electron chi connectivity index (χ4n) is 3.65. The third kappa shape index (κ3) is 4.23. The van der Waals surface area contributed by atoms with Crippen LogP contribution in [0.1, 0.15) is 50.2 Å². The van der Waals surface area contributed by atoms with Gasteiger partial charge in [-0.05, 0) is 43.5 Å². The topological polar surface area (TPSA) is 32.7 Å². The molecule has 2 aliphatic rings. The second-order valence-electron chi connectivity index (χ2n) is 6.86. The zero-order valence-corrected chi connectivity index (χ0v) is 14.3. The summed E-state index contributed by atoms with van der Waals surface area (Å²) in [6.07, 6.45) is 7.38. The molecule has 3 nitrogen and oxygen atoms in total. The van der Waals surface area contributed by atoms with Gasteiger partial charge in [0.05, 0.1) is 5.60 Å². The summed E-state index contributed by atoms with van der Waals surface area (Å²) in [7, 11) is 0. The van der Waals surface area contributed by atoms with Crippen LogP contribution in [-0.4, -0.2) is 42.9 Å². The van der Waals surface area contributed by atoms with Crippen LogP contribution in [0.5, 0.6) is 0 Å². The predicted molar refractivity (Wildman–Crippen MR) is 94.3 cm³/mol. The molecule has 0 unspecified atom stereocenters. The second-order valence-corrected chi connectivity index (χ2v) is 6.86. The van der Waals surface area contributed by atoms with Crippen LogP contribution in [-0.2, 0) is 10.3 Å². The van der Waals surface area contributed by atoms with Gasteiger partial charge in [0.1, 0.15) is 0 Å². The highest BCUT2D eigenvalue weighted by molar-refractivity contribution is 5.53. The van der Waals surface area contributed by atoms with Gasteiger partial charge >= 0.3 is 0 Å². The molecule has 2 aliphatic heterocycles. The quantitative estimate of drug-likeness (QED) is 0.925. The first kappa shape index (κ1) is 16.7. The Morgan fingerprint density at radius 3 is 2.57 bits per heavy atom. The number of rotatable bonds is 3. The Morgan fingerprint density at radius 1 is 1.13 bits per heavy atom. The molecule has 3 heteroatoms. The molecule has 0 amide bonds. The zero-order chi connectivity index (χ0) is 16.1. The van der Waals surface area contributed by atoms with E-state index < -0.39 is 5.60 Å².